The van der Waals surface area contributed by atoms with Gasteiger partial charge in [0.05, 0.1) is 22.5 Å². The van der Waals surface area contributed by atoms with E-state index < -0.39 is 17.6 Å². The summed E-state index contributed by atoms with van der Waals surface area (Å²) in [6.45, 7) is 10.3. The highest BCUT2D eigenvalue weighted by Gasteiger charge is 2.40. The van der Waals surface area contributed by atoms with E-state index in [1.165, 1.54) is 11.1 Å². The number of guanidine groups is 1. The molecule has 9 heteroatoms. The smallest absolute Gasteiger partial charge is 0.338 e. The van der Waals surface area contributed by atoms with Gasteiger partial charge in [0.1, 0.15) is 5.82 Å². The van der Waals surface area contributed by atoms with Gasteiger partial charge in [-0.05, 0) is 51.9 Å². The van der Waals surface area contributed by atoms with Crippen LogP contribution in [0, 0.1) is 5.82 Å². The number of piperazine rings is 1. The third-order valence-corrected chi connectivity index (χ3v) is 5.30. The van der Waals surface area contributed by atoms with E-state index in [1.54, 1.807) is 20.8 Å². The van der Waals surface area contributed by atoms with Crippen molar-refractivity contribution in [3.05, 3.63) is 34.6 Å². The lowest BCUT2D eigenvalue weighted by Crippen LogP contribution is -2.52. The number of alkyl halides is 3. The lowest BCUT2D eigenvalue weighted by atomic mass is 9.98. The Morgan fingerprint density at radius 3 is 2.27 bits per heavy atom. The zero-order valence-corrected chi connectivity index (χ0v) is 17.9. The van der Waals surface area contributed by atoms with Crippen LogP contribution in [0.15, 0.2) is 27.8 Å². The topological polar surface area (TPSA) is 34.4 Å². The number of aliphatic imine (C=N–C) groups is 1. The number of hydrogen-bond acceptors (Lipinski definition) is 5. The molecule has 0 aromatic heterocycles. The standard InChI is InChI=1S/C21H27F4N5/c1-6-14(4)19-17-16(8-7-15(18(17)22)21(23,24)25)26-20(30(19)27-13(2)3)29-11-9-28(5)10-12-29/h7-8H,6,9-12H2,1-5H3. The number of benzene rings is 1. The molecule has 2 heterocycles. The van der Waals surface area contributed by atoms with Crippen LogP contribution in [0.5, 0.6) is 0 Å². The minimum absolute atomic E-state index is 0.146. The van der Waals surface area contributed by atoms with Crippen LogP contribution in [0.4, 0.5) is 23.2 Å². The molecule has 0 atom stereocenters. The van der Waals surface area contributed by atoms with Crippen LogP contribution in [0.2, 0.25) is 0 Å². The molecule has 164 valence electrons. The SMILES string of the molecule is CCC(C)=C1c2c(ccc(C(F)(F)F)c2F)N=C(N2CCN(C)CC2)N1N=C(C)C. The third-order valence-electron chi connectivity index (χ3n) is 5.30. The molecule has 30 heavy (non-hydrogen) atoms. The second-order valence-electron chi connectivity index (χ2n) is 7.86. The molecule has 2 aliphatic rings. The number of hydrogen-bond donors (Lipinski definition) is 0. The van der Waals surface area contributed by atoms with Gasteiger partial charge in [-0.3, -0.25) is 0 Å². The predicted molar refractivity (Wildman–Crippen MR) is 111 cm³/mol. The van der Waals surface area contributed by atoms with Crippen molar-refractivity contribution < 1.29 is 17.6 Å². The van der Waals surface area contributed by atoms with Crippen molar-refractivity contribution in [1.82, 2.24) is 14.8 Å². The molecule has 0 amide bonds. The van der Waals surface area contributed by atoms with Crippen molar-refractivity contribution in [2.24, 2.45) is 10.1 Å². The minimum atomic E-state index is -4.79. The van der Waals surface area contributed by atoms with Gasteiger partial charge < -0.3 is 9.80 Å². The van der Waals surface area contributed by atoms with Crippen molar-refractivity contribution in [3.63, 3.8) is 0 Å². The Balaban J connectivity index is 2.28. The molecule has 1 aromatic rings. The van der Waals surface area contributed by atoms with Crippen molar-refractivity contribution >= 4 is 23.1 Å². The van der Waals surface area contributed by atoms with E-state index in [-0.39, 0.29) is 11.3 Å². The molecule has 0 saturated carbocycles. The zero-order valence-electron chi connectivity index (χ0n) is 17.9. The highest BCUT2D eigenvalue weighted by atomic mass is 19.4. The average Bonchev–Trinajstić information content (AvgIpc) is 2.66. The number of nitrogens with zero attached hydrogens (tertiary/aromatic N) is 5. The van der Waals surface area contributed by atoms with Crippen LogP contribution < -0.4 is 0 Å². The molecule has 0 spiro atoms. The number of likely N-dealkylation sites (N-methyl/N-ethyl adjacent to an activating group) is 1. The monoisotopic (exact) mass is 425 g/mol. The first-order valence-electron chi connectivity index (χ1n) is 9.98. The Hall–Kier alpha value is -2.42. The number of halogens is 4. The van der Waals surface area contributed by atoms with Gasteiger partial charge >= 0.3 is 6.18 Å². The molecular weight excluding hydrogens is 398 g/mol. The molecule has 3 rings (SSSR count). The largest absolute Gasteiger partial charge is 0.419 e. The fourth-order valence-corrected chi connectivity index (χ4v) is 3.53. The minimum Gasteiger partial charge on any atom is -0.338 e. The van der Waals surface area contributed by atoms with Gasteiger partial charge in [0.2, 0.25) is 5.96 Å². The first-order valence-corrected chi connectivity index (χ1v) is 9.98. The number of hydrazone groups is 1. The van der Waals surface area contributed by atoms with Gasteiger partial charge in [0, 0.05) is 31.9 Å². The molecular formula is C21H27F4N5. The Morgan fingerprint density at radius 2 is 1.73 bits per heavy atom. The summed E-state index contributed by atoms with van der Waals surface area (Å²) in [6.07, 6.45) is -4.25. The van der Waals surface area contributed by atoms with Crippen LogP contribution in [-0.4, -0.2) is 59.7 Å². The summed E-state index contributed by atoms with van der Waals surface area (Å²) < 4.78 is 55.4. The lowest BCUT2D eigenvalue weighted by Gasteiger charge is -2.40. The van der Waals surface area contributed by atoms with E-state index in [0.29, 0.717) is 36.9 Å². The van der Waals surface area contributed by atoms with E-state index in [4.69, 9.17) is 0 Å². The fraction of sp³-hybridized carbons (Fsp3) is 0.524. The molecule has 0 N–H and O–H groups in total. The van der Waals surface area contributed by atoms with Crippen molar-refractivity contribution in [1.29, 1.82) is 0 Å². The second-order valence-corrected chi connectivity index (χ2v) is 7.86. The van der Waals surface area contributed by atoms with Gasteiger partial charge in [0.25, 0.3) is 0 Å². The highest BCUT2D eigenvalue weighted by Crippen LogP contribution is 2.43. The van der Waals surface area contributed by atoms with E-state index in [1.807, 2.05) is 18.9 Å². The second kappa shape index (κ2) is 8.37. The summed E-state index contributed by atoms with van der Waals surface area (Å²) in [5, 5.41) is 6.07. The molecule has 5 nitrogen and oxygen atoms in total. The third kappa shape index (κ3) is 4.21. The van der Waals surface area contributed by atoms with Crippen molar-refractivity contribution in [2.45, 2.75) is 40.3 Å². The van der Waals surface area contributed by atoms with Gasteiger partial charge in [-0.1, -0.05) is 6.92 Å². The van der Waals surface area contributed by atoms with E-state index >= 15 is 4.39 Å². The number of rotatable bonds is 2. The molecule has 0 unspecified atom stereocenters. The van der Waals surface area contributed by atoms with Gasteiger partial charge in [0.15, 0.2) is 0 Å². The van der Waals surface area contributed by atoms with Gasteiger partial charge in [-0.2, -0.15) is 23.3 Å². The van der Waals surface area contributed by atoms with Crippen LogP contribution in [0.25, 0.3) is 5.70 Å². The summed E-state index contributed by atoms with van der Waals surface area (Å²) in [4.78, 5) is 8.82. The maximum absolute atomic E-state index is 15.2. The van der Waals surface area contributed by atoms with E-state index in [9.17, 15) is 13.2 Å². The average molecular weight is 425 g/mol. The molecule has 0 aliphatic carbocycles. The van der Waals surface area contributed by atoms with E-state index in [0.717, 1.165) is 24.7 Å². The zero-order chi connectivity index (χ0) is 22.2. The molecule has 0 radical (unpaired) electrons. The Labute approximate surface area is 174 Å². The molecule has 1 aromatic carbocycles. The maximum Gasteiger partial charge on any atom is 0.419 e. The highest BCUT2D eigenvalue weighted by molar-refractivity contribution is 5.99. The van der Waals surface area contributed by atoms with E-state index in [2.05, 4.69) is 15.0 Å². The first kappa shape index (κ1) is 22.3. The Morgan fingerprint density at radius 1 is 1.10 bits per heavy atom. The summed E-state index contributed by atoms with van der Waals surface area (Å²) in [5.41, 5.74) is 0.513. The van der Waals surface area contributed by atoms with Crippen molar-refractivity contribution in [2.75, 3.05) is 33.2 Å². The summed E-state index contributed by atoms with van der Waals surface area (Å²) in [7, 11) is 2.03. The number of fused-ring (bicyclic) bond motifs is 1. The summed E-state index contributed by atoms with van der Waals surface area (Å²) in [5.74, 6) is -0.795. The number of allylic oxidation sites excluding steroid dienone is 1. The predicted octanol–water partition coefficient (Wildman–Crippen LogP) is 4.93. The molecule has 1 fully saturated rings. The maximum atomic E-state index is 15.2. The molecule has 0 bridgehead atoms. The normalized spacial score (nSPS) is 19.4. The van der Waals surface area contributed by atoms with Crippen molar-refractivity contribution in [3.8, 4) is 0 Å². The summed E-state index contributed by atoms with van der Waals surface area (Å²) >= 11 is 0. The molecule has 2 aliphatic heterocycles. The van der Waals surface area contributed by atoms with Crippen LogP contribution in [0.1, 0.15) is 45.2 Å². The fourth-order valence-electron chi connectivity index (χ4n) is 3.53. The van der Waals surface area contributed by atoms with Gasteiger partial charge in [-0.15, -0.1) is 0 Å². The van der Waals surface area contributed by atoms with Crippen LogP contribution >= 0.6 is 0 Å². The molecule has 1 saturated heterocycles. The Bertz CT molecular complexity index is 905. The summed E-state index contributed by atoms with van der Waals surface area (Å²) in [6, 6.07) is 2.02. The quantitative estimate of drug-likeness (QED) is 0.498. The first-order chi connectivity index (χ1) is 14.0. The van der Waals surface area contributed by atoms with Gasteiger partial charge in [-0.25, -0.2) is 9.38 Å². The lowest BCUT2D eigenvalue weighted by molar-refractivity contribution is -0.140. The van der Waals surface area contributed by atoms with Crippen LogP contribution in [-0.2, 0) is 6.18 Å². The Kier molecular flexibility index (Phi) is 6.21. The van der Waals surface area contributed by atoms with Crippen LogP contribution in [0.3, 0.4) is 0 Å².